The fourth-order valence-electron chi connectivity index (χ4n) is 2.16. The van der Waals surface area contributed by atoms with Crippen LogP contribution in [0.25, 0.3) is 11.3 Å². The van der Waals surface area contributed by atoms with Crippen molar-refractivity contribution in [3.05, 3.63) is 52.3 Å². The Labute approximate surface area is 131 Å². The van der Waals surface area contributed by atoms with E-state index < -0.39 is 0 Å². The van der Waals surface area contributed by atoms with Gasteiger partial charge in [-0.15, -0.1) is 0 Å². The van der Waals surface area contributed by atoms with Crippen LogP contribution in [-0.2, 0) is 6.54 Å². The van der Waals surface area contributed by atoms with E-state index in [1.807, 2.05) is 50.2 Å². The van der Waals surface area contributed by atoms with Gasteiger partial charge in [0, 0.05) is 23.7 Å². The first-order valence-electron chi connectivity index (χ1n) is 7.69. The molecule has 4 nitrogen and oxygen atoms in total. The van der Waals surface area contributed by atoms with Crippen molar-refractivity contribution in [3.63, 3.8) is 0 Å². The van der Waals surface area contributed by atoms with Gasteiger partial charge < -0.3 is 15.0 Å². The minimum atomic E-state index is -0.0648. The highest BCUT2D eigenvalue weighted by Crippen LogP contribution is 2.28. The van der Waals surface area contributed by atoms with Crippen LogP contribution in [-0.4, -0.2) is 17.1 Å². The molecule has 1 aromatic carbocycles. The van der Waals surface area contributed by atoms with Gasteiger partial charge >= 0.3 is 0 Å². The van der Waals surface area contributed by atoms with Gasteiger partial charge in [-0.25, -0.2) is 0 Å². The van der Waals surface area contributed by atoms with Gasteiger partial charge in [-0.3, -0.25) is 4.79 Å². The van der Waals surface area contributed by atoms with Crippen LogP contribution in [0.5, 0.6) is 5.75 Å². The molecule has 0 aliphatic heterocycles. The second-order valence-electron chi connectivity index (χ2n) is 5.92. The lowest BCUT2D eigenvalue weighted by atomic mass is 10.1. The van der Waals surface area contributed by atoms with E-state index in [-0.39, 0.29) is 11.7 Å². The molecule has 4 heteroatoms. The highest BCUT2D eigenvalue weighted by atomic mass is 16.5. The number of rotatable bonds is 6. The number of H-pyrrole nitrogens is 1. The Morgan fingerprint density at radius 1 is 1.09 bits per heavy atom. The molecule has 0 bridgehead atoms. The summed E-state index contributed by atoms with van der Waals surface area (Å²) in [6, 6.07) is 11.9. The number of pyridine rings is 1. The van der Waals surface area contributed by atoms with Gasteiger partial charge in [-0.2, -0.15) is 0 Å². The summed E-state index contributed by atoms with van der Waals surface area (Å²) in [7, 11) is 0. The van der Waals surface area contributed by atoms with Crippen molar-refractivity contribution in [3.8, 4) is 17.0 Å². The number of para-hydroxylation sites is 1. The molecule has 0 saturated carbocycles. The van der Waals surface area contributed by atoms with Crippen LogP contribution in [0.3, 0.4) is 0 Å². The molecule has 0 amide bonds. The Balaban J connectivity index is 2.31. The smallest absolute Gasteiger partial charge is 0.252 e. The van der Waals surface area contributed by atoms with E-state index in [9.17, 15) is 4.79 Å². The Morgan fingerprint density at radius 2 is 1.82 bits per heavy atom. The number of benzene rings is 1. The third-order valence-electron chi connectivity index (χ3n) is 3.23. The van der Waals surface area contributed by atoms with Gasteiger partial charge in [0.1, 0.15) is 5.75 Å². The molecule has 0 aliphatic carbocycles. The summed E-state index contributed by atoms with van der Waals surface area (Å²) in [6.07, 6.45) is 0.0855. The molecule has 0 radical (unpaired) electrons. The van der Waals surface area contributed by atoms with Crippen molar-refractivity contribution in [1.29, 1.82) is 0 Å². The monoisotopic (exact) mass is 300 g/mol. The molecule has 0 aliphatic rings. The second kappa shape index (κ2) is 7.27. The van der Waals surface area contributed by atoms with Crippen LogP contribution in [0.15, 0.2) is 41.2 Å². The average Bonchev–Trinajstić information content (AvgIpc) is 2.45. The molecule has 2 rings (SSSR count). The summed E-state index contributed by atoms with van der Waals surface area (Å²) >= 11 is 0. The number of hydrogen-bond donors (Lipinski definition) is 2. The summed E-state index contributed by atoms with van der Waals surface area (Å²) in [5.74, 6) is 0.779. The second-order valence-corrected chi connectivity index (χ2v) is 5.92. The number of nitrogens with one attached hydrogen (secondary N) is 2. The summed E-state index contributed by atoms with van der Waals surface area (Å²) in [4.78, 5) is 15.2. The Bertz CT molecular complexity index is 675. The maximum absolute atomic E-state index is 12.2. The van der Waals surface area contributed by atoms with E-state index in [0.29, 0.717) is 12.6 Å². The van der Waals surface area contributed by atoms with Crippen LogP contribution in [0.4, 0.5) is 0 Å². The van der Waals surface area contributed by atoms with Crippen molar-refractivity contribution in [2.45, 2.75) is 46.4 Å². The van der Waals surface area contributed by atoms with Crippen molar-refractivity contribution in [2.75, 3.05) is 0 Å². The van der Waals surface area contributed by atoms with Gasteiger partial charge in [-0.05, 0) is 32.0 Å². The Kier molecular flexibility index (Phi) is 5.39. The molecule has 0 spiro atoms. The van der Waals surface area contributed by atoms with Gasteiger partial charge in [0.05, 0.1) is 11.8 Å². The zero-order chi connectivity index (χ0) is 16.1. The van der Waals surface area contributed by atoms with Gasteiger partial charge in [0.2, 0.25) is 0 Å². The van der Waals surface area contributed by atoms with Gasteiger partial charge in [0.25, 0.3) is 5.56 Å². The molecule has 1 heterocycles. The van der Waals surface area contributed by atoms with Crippen molar-refractivity contribution in [1.82, 2.24) is 10.3 Å². The zero-order valence-electron chi connectivity index (χ0n) is 13.6. The number of aromatic nitrogens is 1. The van der Waals surface area contributed by atoms with Crippen LogP contribution < -0.4 is 15.6 Å². The van der Waals surface area contributed by atoms with Gasteiger partial charge in [0.15, 0.2) is 0 Å². The summed E-state index contributed by atoms with van der Waals surface area (Å²) < 4.78 is 5.81. The molecule has 1 aromatic heterocycles. The lowest BCUT2D eigenvalue weighted by Crippen LogP contribution is -2.26. The maximum Gasteiger partial charge on any atom is 0.252 e. The SMILES string of the molecule is CC(C)NCc1ccc(-c2ccccc2OC(C)C)[nH]c1=O. The molecule has 0 saturated heterocycles. The predicted octanol–water partition coefficient (Wildman–Crippen LogP) is 3.33. The molecule has 0 unspecified atom stereocenters. The van der Waals surface area contributed by atoms with Crippen LogP contribution in [0, 0.1) is 0 Å². The third kappa shape index (κ3) is 4.21. The standard InChI is InChI=1S/C18H24N2O2/c1-12(2)19-11-14-9-10-16(20-18(14)21)15-7-5-6-8-17(15)22-13(3)4/h5-10,12-13,19H,11H2,1-4H3,(H,20,21). The highest BCUT2D eigenvalue weighted by Gasteiger charge is 2.09. The largest absolute Gasteiger partial charge is 0.490 e. The molecule has 2 aromatic rings. The maximum atomic E-state index is 12.2. The van der Waals surface area contributed by atoms with E-state index >= 15 is 0 Å². The molecule has 118 valence electrons. The first-order valence-corrected chi connectivity index (χ1v) is 7.69. The third-order valence-corrected chi connectivity index (χ3v) is 3.23. The fourth-order valence-corrected chi connectivity index (χ4v) is 2.16. The van der Waals surface area contributed by atoms with Crippen molar-refractivity contribution < 1.29 is 4.74 Å². The summed E-state index contributed by atoms with van der Waals surface area (Å²) in [6.45, 7) is 8.65. The highest BCUT2D eigenvalue weighted by molar-refractivity contribution is 5.67. The van der Waals surface area contributed by atoms with Crippen LogP contribution in [0.2, 0.25) is 0 Å². The fraction of sp³-hybridized carbons (Fsp3) is 0.389. The molecule has 22 heavy (non-hydrogen) atoms. The molecular formula is C18H24N2O2. The Morgan fingerprint density at radius 3 is 2.45 bits per heavy atom. The normalized spacial score (nSPS) is 11.2. The number of hydrogen-bond acceptors (Lipinski definition) is 3. The zero-order valence-corrected chi connectivity index (χ0v) is 13.6. The van der Waals surface area contributed by atoms with Gasteiger partial charge in [-0.1, -0.05) is 32.0 Å². The van der Waals surface area contributed by atoms with Crippen LogP contribution in [0.1, 0.15) is 33.3 Å². The molecular weight excluding hydrogens is 276 g/mol. The lowest BCUT2D eigenvalue weighted by molar-refractivity contribution is 0.243. The van der Waals surface area contributed by atoms with E-state index in [1.165, 1.54) is 0 Å². The molecule has 0 fully saturated rings. The summed E-state index contributed by atoms with van der Waals surface area (Å²) in [5.41, 5.74) is 2.34. The minimum absolute atomic E-state index is 0.0648. The van der Waals surface area contributed by atoms with Crippen molar-refractivity contribution in [2.24, 2.45) is 0 Å². The topological polar surface area (TPSA) is 54.1 Å². The van der Waals surface area contributed by atoms with E-state index in [0.717, 1.165) is 22.6 Å². The first kappa shape index (κ1) is 16.3. The molecule has 0 atom stereocenters. The van der Waals surface area contributed by atoms with E-state index in [2.05, 4.69) is 24.1 Å². The molecule has 2 N–H and O–H groups in total. The lowest BCUT2D eigenvalue weighted by Gasteiger charge is -2.14. The predicted molar refractivity (Wildman–Crippen MR) is 90.2 cm³/mol. The van der Waals surface area contributed by atoms with E-state index in [1.54, 1.807) is 0 Å². The van der Waals surface area contributed by atoms with Crippen LogP contribution >= 0.6 is 0 Å². The van der Waals surface area contributed by atoms with Crippen molar-refractivity contribution >= 4 is 0 Å². The summed E-state index contributed by atoms with van der Waals surface area (Å²) in [5, 5.41) is 3.25. The quantitative estimate of drug-likeness (QED) is 0.860. The Hall–Kier alpha value is -2.07. The number of ether oxygens (including phenoxy) is 1. The average molecular weight is 300 g/mol. The number of aromatic amines is 1. The first-order chi connectivity index (χ1) is 10.5. The van der Waals surface area contributed by atoms with E-state index in [4.69, 9.17) is 4.74 Å². The minimum Gasteiger partial charge on any atom is -0.490 e.